The maximum atomic E-state index is 5.45. The summed E-state index contributed by atoms with van der Waals surface area (Å²) in [5.41, 5.74) is 2.54. The van der Waals surface area contributed by atoms with Crippen molar-refractivity contribution in [2.75, 3.05) is 30.6 Å². The minimum atomic E-state index is 0.456. The zero-order valence-electron chi connectivity index (χ0n) is 10.8. The Morgan fingerprint density at radius 3 is 2.95 bits per heavy atom. The van der Waals surface area contributed by atoms with Crippen molar-refractivity contribution in [2.45, 2.75) is 18.9 Å². The topological polar surface area (TPSA) is 76.3 Å². The Hall–Kier alpha value is -1.44. The summed E-state index contributed by atoms with van der Waals surface area (Å²) in [6, 6.07) is 2.52. The second-order valence-corrected chi connectivity index (χ2v) is 5.50. The molecule has 0 atom stereocenters. The maximum Gasteiger partial charge on any atom is 0.240 e. The van der Waals surface area contributed by atoms with Gasteiger partial charge in [0.2, 0.25) is 5.95 Å². The fraction of sp³-hybridized carbons (Fsp3) is 0.500. The molecule has 1 aliphatic rings. The fourth-order valence-electron chi connectivity index (χ4n) is 2.42. The molecular formula is C12H17N5OS. The molecule has 0 saturated carbocycles. The molecule has 0 spiro atoms. The molecule has 1 fully saturated rings. The van der Waals surface area contributed by atoms with Crippen molar-refractivity contribution in [3.63, 3.8) is 0 Å². The number of rotatable bonds is 3. The SMILES string of the molecule is CN(c1nc(NN)nc2sccc12)C1CCOCC1. The van der Waals surface area contributed by atoms with Crippen LogP contribution in [0.2, 0.25) is 0 Å². The molecule has 0 bridgehead atoms. The van der Waals surface area contributed by atoms with Crippen LogP contribution in [0.25, 0.3) is 10.2 Å². The molecule has 0 aliphatic carbocycles. The summed E-state index contributed by atoms with van der Waals surface area (Å²) in [5.74, 6) is 6.85. The Labute approximate surface area is 115 Å². The van der Waals surface area contributed by atoms with Crippen LogP contribution >= 0.6 is 11.3 Å². The van der Waals surface area contributed by atoms with Crippen molar-refractivity contribution in [3.05, 3.63) is 11.4 Å². The Morgan fingerprint density at radius 1 is 1.42 bits per heavy atom. The van der Waals surface area contributed by atoms with Gasteiger partial charge in [0.25, 0.3) is 0 Å². The molecule has 3 heterocycles. The van der Waals surface area contributed by atoms with E-state index in [1.165, 1.54) is 0 Å². The van der Waals surface area contributed by atoms with Gasteiger partial charge in [-0.3, -0.25) is 5.43 Å². The van der Waals surface area contributed by atoms with Gasteiger partial charge in [-0.1, -0.05) is 0 Å². The predicted octanol–water partition coefficient (Wildman–Crippen LogP) is 1.59. The zero-order chi connectivity index (χ0) is 13.2. The first-order valence-corrected chi connectivity index (χ1v) is 7.20. The van der Waals surface area contributed by atoms with Gasteiger partial charge in [0, 0.05) is 26.3 Å². The lowest BCUT2D eigenvalue weighted by Crippen LogP contribution is -2.37. The zero-order valence-corrected chi connectivity index (χ0v) is 11.6. The number of aromatic nitrogens is 2. The van der Waals surface area contributed by atoms with Gasteiger partial charge >= 0.3 is 0 Å². The van der Waals surface area contributed by atoms with E-state index in [0.29, 0.717) is 12.0 Å². The van der Waals surface area contributed by atoms with E-state index in [-0.39, 0.29) is 0 Å². The molecule has 0 aromatic carbocycles. The lowest BCUT2D eigenvalue weighted by Gasteiger charge is -2.32. The fourth-order valence-corrected chi connectivity index (χ4v) is 3.18. The molecule has 1 saturated heterocycles. The van der Waals surface area contributed by atoms with Crippen molar-refractivity contribution in [3.8, 4) is 0 Å². The average molecular weight is 279 g/mol. The largest absolute Gasteiger partial charge is 0.381 e. The van der Waals surface area contributed by atoms with Gasteiger partial charge in [-0.05, 0) is 24.3 Å². The van der Waals surface area contributed by atoms with Crippen LogP contribution in [0.3, 0.4) is 0 Å². The van der Waals surface area contributed by atoms with Gasteiger partial charge in [0.15, 0.2) is 0 Å². The van der Waals surface area contributed by atoms with E-state index >= 15 is 0 Å². The third kappa shape index (κ3) is 2.36. The number of nitrogens with zero attached hydrogens (tertiary/aromatic N) is 3. The summed E-state index contributed by atoms with van der Waals surface area (Å²) in [6.45, 7) is 1.63. The molecule has 2 aromatic heterocycles. The number of nitrogens with two attached hydrogens (primary N) is 1. The van der Waals surface area contributed by atoms with E-state index in [9.17, 15) is 0 Å². The number of nitrogen functional groups attached to an aromatic ring is 1. The molecule has 7 heteroatoms. The van der Waals surface area contributed by atoms with Gasteiger partial charge in [-0.2, -0.15) is 4.98 Å². The first-order valence-electron chi connectivity index (χ1n) is 6.32. The lowest BCUT2D eigenvalue weighted by molar-refractivity contribution is 0.0854. The Balaban J connectivity index is 1.99. The third-order valence-corrected chi connectivity index (χ3v) is 4.31. The van der Waals surface area contributed by atoms with Crippen LogP contribution in [0.5, 0.6) is 0 Å². The Kier molecular flexibility index (Phi) is 3.50. The molecule has 3 rings (SSSR count). The van der Waals surface area contributed by atoms with Crippen molar-refractivity contribution in [1.82, 2.24) is 9.97 Å². The molecule has 0 amide bonds. The van der Waals surface area contributed by atoms with Crippen LogP contribution in [0.15, 0.2) is 11.4 Å². The first kappa shape index (κ1) is 12.6. The van der Waals surface area contributed by atoms with Gasteiger partial charge in [0.05, 0.1) is 5.39 Å². The van der Waals surface area contributed by atoms with Crippen molar-refractivity contribution >= 4 is 33.3 Å². The van der Waals surface area contributed by atoms with Gasteiger partial charge in [-0.25, -0.2) is 10.8 Å². The lowest BCUT2D eigenvalue weighted by atomic mass is 10.1. The monoisotopic (exact) mass is 279 g/mol. The molecule has 1 aliphatic heterocycles. The van der Waals surface area contributed by atoms with E-state index in [2.05, 4.69) is 33.4 Å². The van der Waals surface area contributed by atoms with E-state index in [0.717, 1.165) is 42.1 Å². The standard InChI is InChI=1S/C12H17N5OS/c1-17(8-2-5-18-6-3-8)10-9-4-7-19-11(9)15-12(14-10)16-13/h4,7-8H,2-3,5-6,13H2,1H3,(H,14,15,16). The van der Waals surface area contributed by atoms with E-state index in [1.807, 2.05) is 5.38 Å². The average Bonchev–Trinajstić information content (AvgIpc) is 2.94. The number of fused-ring (bicyclic) bond motifs is 1. The molecule has 6 nitrogen and oxygen atoms in total. The van der Waals surface area contributed by atoms with E-state index < -0.39 is 0 Å². The molecule has 3 N–H and O–H groups in total. The van der Waals surface area contributed by atoms with Crippen LogP contribution in [-0.4, -0.2) is 36.3 Å². The third-order valence-electron chi connectivity index (χ3n) is 3.51. The van der Waals surface area contributed by atoms with Crippen molar-refractivity contribution in [1.29, 1.82) is 0 Å². The smallest absolute Gasteiger partial charge is 0.240 e. The minimum Gasteiger partial charge on any atom is -0.381 e. The number of nitrogens with one attached hydrogen (secondary N) is 1. The summed E-state index contributed by atoms with van der Waals surface area (Å²) >= 11 is 1.60. The summed E-state index contributed by atoms with van der Waals surface area (Å²) in [5, 5.41) is 3.11. The highest BCUT2D eigenvalue weighted by molar-refractivity contribution is 7.16. The number of hydrogen-bond acceptors (Lipinski definition) is 7. The minimum absolute atomic E-state index is 0.456. The number of thiophene rings is 1. The molecule has 0 radical (unpaired) electrons. The Morgan fingerprint density at radius 2 is 2.21 bits per heavy atom. The molecular weight excluding hydrogens is 262 g/mol. The van der Waals surface area contributed by atoms with Crippen LogP contribution in [0.1, 0.15) is 12.8 Å². The van der Waals surface area contributed by atoms with Crippen LogP contribution in [-0.2, 0) is 4.74 Å². The summed E-state index contributed by atoms with van der Waals surface area (Å²) in [6.07, 6.45) is 2.05. The van der Waals surface area contributed by atoms with Crippen molar-refractivity contribution < 1.29 is 4.74 Å². The summed E-state index contributed by atoms with van der Waals surface area (Å²) < 4.78 is 5.41. The normalized spacial score (nSPS) is 16.7. The van der Waals surface area contributed by atoms with E-state index in [1.54, 1.807) is 11.3 Å². The summed E-state index contributed by atoms with van der Waals surface area (Å²) in [4.78, 5) is 12.1. The molecule has 2 aromatic rings. The van der Waals surface area contributed by atoms with Crippen molar-refractivity contribution in [2.24, 2.45) is 5.84 Å². The van der Waals surface area contributed by atoms with Gasteiger partial charge < -0.3 is 9.64 Å². The van der Waals surface area contributed by atoms with Crippen LogP contribution in [0.4, 0.5) is 11.8 Å². The summed E-state index contributed by atoms with van der Waals surface area (Å²) in [7, 11) is 2.08. The second kappa shape index (κ2) is 5.28. The molecule has 19 heavy (non-hydrogen) atoms. The number of anilines is 2. The molecule has 102 valence electrons. The first-order chi connectivity index (χ1) is 9.29. The highest BCUT2D eigenvalue weighted by Gasteiger charge is 2.22. The quantitative estimate of drug-likeness (QED) is 0.656. The predicted molar refractivity (Wildman–Crippen MR) is 77.5 cm³/mol. The number of hydrazine groups is 1. The molecule has 0 unspecified atom stereocenters. The van der Waals surface area contributed by atoms with Crippen LogP contribution in [0, 0.1) is 0 Å². The Bertz CT molecular complexity index is 566. The number of hydrogen-bond donors (Lipinski definition) is 2. The second-order valence-electron chi connectivity index (χ2n) is 4.61. The highest BCUT2D eigenvalue weighted by Crippen LogP contribution is 2.30. The van der Waals surface area contributed by atoms with Gasteiger partial charge in [0.1, 0.15) is 10.6 Å². The highest BCUT2D eigenvalue weighted by atomic mass is 32.1. The van der Waals surface area contributed by atoms with Crippen LogP contribution < -0.4 is 16.2 Å². The van der Waals surface area contributed by atoms with Gasteiger partial charge in [-0.15, -0.1) is 11.3 Å². The van der Waals surface area contributed by atoms with E-state index in [4.69, 9.17) is 10.6 Å². The number of ether oxygens (including phenoxy) is 1. The maximum absolute atomic E-state index is 5.45.